The molecule has 0 aromatic heterocycles. The molecule has 6 heteroatoms. The summed E-state index contributed by atoms with van der Waals surface area (Å²) in [6.45, 7) is 3.62. The number of unbranched alkanes of at least 4 members (excludes halogenated alkanes) is 1. The van der Waals surface area contributed by atoms with Gasteiger partial charge in [0.05, 0.1) is 24.5 Å². The van der Waals surface area contributed by atoms with E-state index in [9.17, 15) is 9.59 Å². The molecule has 2 saturated heterocycles. The molecule has 3 aliphatic heterocycles. The van der Waals surface area contributed by atoms with Gasteiger partial charge in [-0.2, -0.15) is 0 Å². The molecule has 0 radical (unpaired) electrons. The maximum Gasteiger partial charge on any atom is 0.230 e. The summed E-state index contributed by atoms with van der Waals surface area (Å²) in [6.07, 6.45) is 5.56. The Hall–Kier alpha value is -1.85. The number of nitrogens with zero attached hydrogens (tertiary/aromatic N) is 1. The van der Waals surface area contributed by atoms with Gasteiger partial charge in [0.2, 0.25) is 11.8 Å². The second kappa shape index (κ2) is 6.71. The lowest BCUT2D eigenvalue weighted by atomic mass is 9.77. The Morgan fingerprint density at radius 2 is 2.23 bits per heavy atom. The Balaban J connectivity index is 1.53. The van der Waals surface area contributed by atoms with Crippen molar-refractivity contribution in [2.75, 3.05) is 13.1 Å². The van der Waals surface area contributed by atoms with E-state index in [1.807, 2.05) is 36.4 Å². The summed E-state index contributed by atoms with van der Waals surface area (Å²) in [7, 11) is 0. The number of hydrogen-bond donors (Lipinski definition) is 1. The van der Waals surface area contributed by atoms with Crippen molar-refractivity contribution < 1.29 is 14.3 Å². The van der Waals surface area contributed by atoms with E-state index in [4.69, 9.17) is 16.3 Å². The van der Waals surface area contributed by atoms with Crippen LogP contribution in [0.5, 0.6) is 0 Å². The van der Waals surface area contributed by atoms with Gasteiger partial charge in [-0.25, -0.2) is 0 Å². The average Bonchev–Trinajstić information content (AvgIpc) is 3.26. The predicted octanol–water partition coefficient (Wildman–Crippen LogP) is 2.54. The van der Waals surface area contributed by atoms with Crippen molar-refractivity contribution in [1.29, 1.82) is 0 Å². The lowest BCUT2D eigenvalue weighted by Crippen LogP contribution is -2.44. The van der Waals surface area contributed by atoms with Gasteiger partial charge in [-0.1, -0.05) is 55.3 Å². The molecule has 1 N–H and O–H groups in total. The van der Waals surface area contributed by atoms with Crippen molar-refractivity contribution in [2.45, 2.75) is 38.0 Å². The Labute approximate surface area is 158 Å². The molecule has 2 fully saturated rings. The fraction of sp³-hybridized carbons (Fsp3) is 0.500. The van der Waals surface area contributed by atoms with Gasteiger partial charge >= 0.3 is 0 Å². The van der Waals surface area contributed by atoms with Gasteiger partial charge in [0, 0.05) is 18.1 Å². The molecule has 26 heavy (non-hydrogen) atoms. The molecule has 5 nitrogen and oxygen atoms in total. The van der Waals surface area contributed by atoms with Crippen LogP contribution < -0.4 is 5.32 Å². The topological polar surface area (TPSA) is 58.6 Å². The number of rotatable bonds is 6. The van der Waals surface area contributed by atoms with Crippen molar-refractivity contribution in [3.63, 3.8) is 0 Å². The first-order chi connectivity index (χ1) is 12.6. The number of fused-ring (bicyclic) bond motifs is 1. The largest absolute Gasteiger partial charge is 0.360 e. The van der Waals surface area contributed by atoms with Gasteiger partial charge in [0.25, 0.3) is 0 Å². The molecule has 138 valence electrons. The van der Waals surface area contributed by atoms with Gasteiger partial charge in [0.1, 0.15) is 5.60 Å². The van der Waals surface area contributed by atoms with E-state index < -0.39 is 17.4 Å². The highest BCUT2D eigenvalue weighted by molar-refractivity contribution is 6.31. The first-order valence-corrected chi connectivity index (χ1v) is 9.60. The van der Waals surface area contributed by atoms with Crippen LogP contribution in [0.4, 0.5) is 0 Å². The molecule has 0 saturated carbocycles. The third-order valence-electron chi connectivity index (χ3n) is 5.63. The summed E-state index contributed by atoms with van der Waals surface area (Å²) in [5, 5.41) is 3.61. The number of benzene rings is 1. The Kier molecular flexibility index (Phi) is 4.53. The van der Waals surface area contributed by atoms with Gasteiger partial charge in [-0.05, 0) is 18.1 Å². The zero-order valence-electron chi connectivity index (χ0n) is 14.8. The Morgan fingerprint density at radius 1 is 1.42 bits per heavy atom. The lowest BCUT2D eigenvalue weighted by Gasteiger charge is -2.23. The fourth-order valence-electron chi connectivity index (χ4n) is 4.35. The standard InChI is InChI=1S/C20H23ClN2O3/c1-2-3-10-22-18(24)16-15-8-9-20(26-15)12-23(19(25)17(16)20)11-13-6-4-5-7-14(13)21/h4-9,15-17H,2-3,10-12H2,1H3,(H,22,24)/t15-,16-,17-,20-/m1/s1. The molecule has 0 aliphatic carbocycles. The van der Waals surface area contributed by atoms with E-state index in [-0.39, 0.29) is 17.9 Å². The van der Waals surface area contributed by atoms with Gasteiger partial charge < -0.3 is 15.0 Å². The summed E-state index contributed by atoms with van der Waals surface area (Å²) < 4.78 is 6.13. The summed E-state index contributed by atoms with van der Waals surface area (Å²) in [4.78, 5) is 27.6. The lowest BCUT2D eigenvalue weighted by molar-refractivity contribution is -0.137. The number of halogens is 1. The first-order valence-electron chi connectivity index (χ1n) is 9.23. The second-order valence-corrected chi connectivity index (χ2v) is 7.74. The molecule has 1 spiro atoms. The van der Waals surface area contributed by atoms with E-state index in [2.05, 4.69) is 12.2 Å². The second-order valence-electron chi connectivity index (χ2n) is 7.33. The first kappa shape index (κ1) is 17.6. The van der Waals surface area contributed by atoms with Gasteiger partial charge in [0.15, 0.2) is 0 Å². The van der Waals surface area contributed by atoms with E-state index in [0.29, 0.717) is 24.7 Å². The normalized spacial score (nSPS) is 31.5. The Morgan fingerprint density at radius 3 is 3.00 bits per heavy atom. The highest BCUT2D eigenvalue weighted by atomic mass is 35.5. The average molecular weight is 375 g/mol. The minimum atomic E-state index is -0.671. The number of nitrogens with one attached hydrogen (secondary N) is 1. The van der Waals surface area contributed by atoms with Crippen molar-refractivity contribution in [2.24, 2.45) is 11.8 Å². The third-order valence-corrected chi connectivity index (χ3v) is 6.00. The van der Waals surface area contributed by atoms with E-state index in [0.717, 1.165) is 18.4 Å². The molecule has 2 bridgehead atoms. The third kappa shape index (κ3) is 2.74. The predicted molar refractivity (Wildman–Crippen MR) is 98.5 cm³/mol. The molecule has 4 atom stereocenters. The van der Waals surface area contributed by atoms with Crippen LogP contribution in [-0.4, -0.2) is 41.5 Å². The van der Waals surface area contributed by atoms with Crippen LogP contribution in [0.3, 0.4) is 0 Å². The van der Waals surface area contributed by atoms with Crippen molar-refractivity contribution in [3.8, 4) is 0 Å². The molecule has 1 aromatic rings. The Bertz CT molecular complexity index is 765. The van der Waals surface area contributed by atoms with E-state index in [1.54, 1.807) is 4.90 Å². The molecular formula is C20H23ClN2O3. The van der Waals surface area contributed by atoms with Crippen LogP contribution >= 0.6 is 11.6 Å². The van der Waals surface area contributed by atoms with Crippen molar-refractivity contribution in [1.82, 2.24) is 10.2 Å². The van der Waals surface area contributed by atoms with Crippen molar-refractivity contribution >= 4 is 23.4 Å². The maximum absolute atomic E-state index is 13.1. The van der Waals surface area contributed by atoms with Gasteiger partial charge in [-0.3, -0.25) is 9.59 Å². The van der Waals surface area contributed by atoms with E-state index >= 15 is 0 Å². The summed E-state index contributed by atoms with van der Waals surface area (Å²) in [5.74, 6) is -0.984. The SMILES string of the molecule is CCCCNC(=O)[C@@H]1[C@H]2C=C[C@]3(CN(Cc4ccccc4Cl)C(=O)[C@@H]13)O2. The summed E-state index contributed by atoms with van der Waals surface area (Å²) in [5.41, 5.74) is 0.233. The summed E-state index contributed by atoms with van der Waals surface area (Å²) in [6, 6.07) is 7.52. The molecule has 1 aromatic carbocycles. The van der Waals surface area contributed by atoms with Crippen LogP contribution in [0.1, 0.15) is 25.3 Å². The molecule has 3 aliphatic rings. The highest BCUT2D eigenvalue weighted by Crippen LogP contribution is 2.52. The monoisotopic (exact) mass is 374 g/mol. The number of likely N-dealkylation sites (tertiary alicyclic amines) is 1. The fourth-order valence-corrected chi connectivity index (χ4v) is 4.55. The minimum absolute atomic E-state index is 0.0209. The van der Waals surface area contributed by atoms with Crippen LogP contribution in [0.2, 0.25) is 5.02 Å². The van der Waals surface area contributed by atoms with Crippen LogP contribution in [-0.2, 0) is 20.9 Å². The van der Waals surface area contributed by atoms with Crippen LogP contribution in [0, 0.1) is 11.8 Å². The van der Waals surface area contributed by atoms with Gasteiger partial charge in [-0.15, -0.1) is 0 Å². The number of ether oxygens (including phenoxy) is 1. The summed E-state index contributed by atoms with van der Waals surface area (Å²) >= 11 is 6.25. The maximum atomic E-state index is 13.1. The smallest absolute Gasteiger partial charge is 0.230 e. The molecule has 3 heterocycles. The zero-order valence-corrected chi connectivity index (χ0v) is 15.5. The number of carbonyl (C=O) groups excluding carboxylic acids is 2. The van der Waals surface area contributed by atoms with Crippen LogP contribution in [0.25, 0.3) is 0 Å². The number of amides is 2. The van der Waals surface area contributed by atoms with Crippen molar-refractivity contribution in [3.05, 3.63) is 47.0 Å². The minimum Gasteiger partial charge on any atom is -0.360 e. The molecular weight excluding hydrogens is 352 g/mol. The zero-order chi connectivity index (χ0) is 18.3. The molecule has 4 rings (SSSR count). The highest BCUT2D eigenvalue weighted by Gasteiger charge is 2.66. The number of hydrogen-bond acceptors (Lipinski definition) is 3. The number of carbonyl (C=O) groups is 2. The molecule has 0 unspecified atom stereocenters. The van der Waals surface area contributed by atoms with Crippen LogP contribution in [0.15, 0.2) is 36.4 Å². The quantitative estimate of drug-likeness (QED) is 0.615. The van der Waals surface area contributed by atoms with E-state index in [1.165, 1.54) is 0 Å². The molecule has 2 amide bonds.